The van der Waals surface area contributed by atoms with Crippen LogP contribution in [-0.2, 0) is 6.54 Å². The third-order valence-corrected chi connectivity index (χ3v) is 3.97. The van der Waals surface area contributed by atoms with Crippen LogP contribution in [0.15, 0.2) is 23.0 Å². The minimum atomic E-state index is -0.315. The van der Waals surface area contributed by atoms with Crippen LogP contribution in [0.2, 0.25) is 0 Å². The minimum Gasteiger partial charge on any atom is -0.306 e. The van der Waals surface area contributed by atoms with Crippen LogP contribution in [0.4, 0.5) is 4.39 Å². The van der Waals surface area contributed by atoms with Crippen LogP contribution in [-0.4, -0.2) is 59.1 Å². The van der Waals surface area contributed by atoms with Crippen LogP contribution < -0.4 is 5.69 Å². The van der Waals surface area contributed by atoms with Crippen LogP contribution >= 0.6 is 0 Å². The lowest BCUT2D eigenvalue weighted by molar-refractivity contribution is 0.150. The Morgan fingerprint density at radius 1 is 1.20 bits per heavy atom. The van der Waals surface area contributed by atoms with E-state index in [9.17, 15) is 9.18 Å². The number of fused-ring (bicyclic) bond motifs is 1. The highest BCUT2D eigenvalue weighted by Gasteiger charge is 2.14. The van der Waals surface area contributed by atoms with Crippen LogP contribution in [0.25, 0.3) is 11.0 Å². The molecular weight excluding hydrogens is 259 g/mol. The summed E-state index contributed by atoms with van der Waals surface area (Å²) in [4.78, 5) is 19.3. The summed E-state index contributed by atoms with van der Waals surface area (Å²) in [6.45, 7) is 5.54. The summed E-state index contributed by atoms with van der Waals surface area (Å²) in [5.41, 5.74) is 1.17. The maximum atomic E-state index is 13.3. The second kappa shape index (κ2) is 5.38. The molecule has 1 fully saturated rings. The van der Waals surface area contributed by atoms with E-state index in [0.29, 0.717) is 17.6 Å². The first-order chi connectivity index (χ1) is 9.63. The van der Waals surface area contributed by atoms with Crippen LogP contribution in [0.1, 0.15) is 0 Å². The van der Waals surface area contributed by atoms with Gasteiger partial charge in [0.1, 0.15) is 5.82 Å². The van der Waals surface area contributed by atoms with Crippen molar-refractivity contribution in [2.45, 2.75) is 6.54 Å². The molecular formula is C14H19FN4O. The Kier molecular flexibility index (Phi) is 3.58. The zero-order chi connectivity index (χ0) is 14.1. The van der Waals surface area contributed by atoms with Gasteiger partial charge in [0.25, 0.3) is 0 Å². The number of halogens is 1. The first-order valence-electron chi connectivity index (χ1n) is 6.92. The molecule has 108 valence electrons. The average molecular weight is 278 g/mol. The Morgan fingerprint density at radius 3 is 2.70 bits per heavy atom. The van der Waals surface area contributed by atoms with Crippen molar-refractivity contribution in [2.75, 3.05) is 39.8 Å². The predicted molar refractivity (Wildman–Crippen MR) is 76.5 cm³/mol. The van der Waals surface area contributed by atoms with Crippen molar-refractivity contribution in [3.05, 3.63) is 34.5 Å². The molecule has 0 amide bonds. The fraction of sp³-hybridized carbons (Fsp3) is 0.500. The number of piperazine rings is 1. The van der Waals surface area contributed by atoms with E-state index in [2.05, 4.69) is 21.8 Å². The smallest absolute Gasteiger partial charge is 0.306 e. The van der Waals surface area contributed by atoms with Crippen LogP contribution in [0.5, 0.6) is 0 Å². The molecule has 6 heteroatoms. The van der Waals surface area contributed by atoms with E-state index >= 15 is 0 Å². The number of benzene rings is 1. The average Bonchev–Trinajstić information content (AvgIpc) is 2.73. The van der Waals surface area contributed by atoms with E-state index in [-0.39, 0.29) is 11.5 Å². The molecule has 0 spiro atoms. The van der Waals surface area contributed by atoms with Gasteiger partial charge in [0.15, 0.2) is 0 Å². The van der Waals surface area contributed by atoms with E-state index < -0.39 is 0 Å². The number of aromatic amines is 1. The monoisotopic (exact) mass is 278 g/mol. The Balaban J connectivity index is 1.75. The summed E-state index contributed by atoms with van der Waals surface area (Å²) < 4.78 is 14.9. The summed E-state index contributed by atoms with van der Waals surface area (Å²) in [6.07, 6.45) is 0. The number of aromatic nitrogens is 2. The van der Waals surface area contributed by atoms with Gasteiger partial charge >= 0.3 is 5.69 Å². The number of rotatable bonds is 3. The fourth-order valence-corrected chi connectivity index (χ4v) is 2.66. The molecule has 20 heavy (non-hydrogen) atoms. The molecule has 1 saturated heterocycles. The van der Waals surface area contributed by atoms with Gasteiger partial charge in [-0.2, -0.15) is 0 Å². The molecule has 3 rings (SSSR count). The van der Waals surface area contributed by atoms with Gasteiger partial charge in [0.05, 0.1) is 11.0 Å². The number of H-pyrrole nitrogens is 1. The molecule has 1 aromatic carbocycles. The van der Waals surface area contributed by atoms with E-state index in [0.717, 1.165) is 32.7 Å². The third kappa shape index (κ3) is 2.62. The second-order valence-corrected chi connectivity index (χ2v) is 5.39. The quantitative estimate of drug-likeness (QED) is 0.899. The number of likely N-dealkylation sites (N-methyl/N-ethyl adjacent to an activating group) is 1. The number of hydrogen-bond donors (Lipinski definition) is 1. The van der Waals surface area contributed by atoms with Crippen molar-refractivity contribution >= 4 is 11.0 Å². The summed E-state index contributed by atoms with van der Waals surface area (Å²) >= 11 is 0. The highest BCUT2D eigenvalue weighted by atomic mass is 19.1. The van der Waals surface area contributed by atoms with E-state index in [1.807, 2.05) is 0 Å². The standard InChI is InChI=1S/C14H19FN4O/c1-17-4-6-18(7-5-17)8-9-19-13-10-11(15)2-3-12(13)16-14(19)20/h2-3,10H,4-9H2,1H3,(H,16,20). The molecule has 0 bridgehead atoms. The lowest BCUT2D eigenvalue weighted by Crippen LogP contribution is -2.45. The zero-order valence-corrected chi connectivity index (χ0v) is 11.6. The molecule has 0 aliphatic carbocycles. The minimum absolute atomic E-state index is 0.167. The Hall–Kier alpha value is -1.66. The maximum absolute atomic E-state index is 13.3. The number of nitrogens with one attached hydrogen (secondary N) is 1. The van der Waals surface area contributed by atoms with Crippen LogP contribution in [0.3, 0.4) is 0 Å². The summed E-state index contributed by atoms with van der Waals surface area (Å²) in [7, 11) is 2.12. The van der Waals surface area contributed by atoms with Crippen LogP contribution in [0, 0.1) is 5.82 Å². The molecule has 0 atom stereocenters. The first-order valence-corrected chi connectivity index (χ1v) is 6.92. The Bertz CT molecular complexity index is 655. The van der Waals surface area contributed by atoms with E-state index in [1.54, 1.807) is 10.6 Å². The molecule has 5 nitrogen and oxygen atoms in total. The van der Waals surface area contributed by atoms with Crippen molar-refractivity contribution in [3.63, 3.8) is 0 Å². The normalized spacial score (nSPS) is 17.9. The number of nitrogens with zero attached hydrogens (tertiary/aromatic N) is 3. The van der Waals surface area contributed by atoms with Gasteiger partial charge in [-0.05, 0) is 25.2 Å². The lowest BCUT2D eigenvalue weighted by Gasteiger charge is -2.32. The van der Waals surface area contributed by atoms with Gasteiger partial charge in [0, 0.05) is 39.3 Å². The molecule has 0 radical (unpaired) electrons. The highest BCUT2D eigenvalue weighted by molar-refractivity contribution is 5.75. The van der Waals surface area contributed by atoms with E-state index in [1.165, 1.54) is 12.1 Å². The molecule has 1 N–H and O–H groups in total. The Labute approximate surface area is 116 Å². The maximum Gasteiger partial charge on any atom is 0.326 e. The van der Waals surface area contributed by atoms with Crippen molar-refractivity contribution in [1.29, 1.82) is 0 Å². The summed E-state index contributed by atoms with van der Waals surface area (Å²) in [5, 5.41) is 0. The number of hydrogen-bond acceptors (Lipinski definition) is 3. The highest BCUT2D eigenvalue weighted by Crippen LogP contribution is 2.12. The largest absolute Gasteiger partial charge is 0.326 e. The van der Waals surface area contributed by atoms with Gasteiger partial charge in [0.2, 0.25) is 0 Å². The van der Waals surface area contributed by atoms with Crippen molar-refractivity contribution in [1.82, 2.24) is 19.4 Å². The summed E-state index contributed by atoms with van der Waals surface area (Å²) in [5.74, 6) is -0.315. The SMILES string of the molecule is CN1CCN(CCn2c(=O)[nH]c3ccc(F)cc32)CC1. The van der Waals surface area contributed by atoms with Gasteiger partial charge in [-0.1, -0.05) is 0 Å². The summed E-state index contributed by atoms with van der Waals surface area (Å²) in [6, 6.07) is 4.39. The number of imidazole rings is 1. The fourth-order valence-electron chi connectivity index (χ4n) is 2.66. The third-order valence-electron chi connectivity index (χ3n) is 3.97. The topological polar surface area (TPSA) is 44.3 Å². The predicted octanol–water partition coefficient (Wildman–Crippen LogP) is 0.716. The van der Waals surface area contributed by atoms with E-state index in [4.69, 9.17) is 0 Å². The second-order valence-electron chi connectivity index (χ2n) is 5.39. The first kappa shape index (κ1) is 13.3. The van der Waals surface area contributed by atoms with Crippen molar-refractivity contribution in [2.24, 2.45) is 0 Å². The molecule has 1 aromatic heterocycles. The van der Waals surface area contributed by atoms with Gasteiger partial charge < -0.3 is 9.88 Å². The molecule has 0 saturated carbocycles. The lowest BCUT2D eigenvalue weighted by atomic mass is 10.3. The molecule has 2 heterocycles. The van der Waals surface area contributed by atoms with Gasteiger partial charge in [-0.25, -0.2) is 9.18 Å². The molecule has 1 aliphatic heterocycles. The molecule has 2 aromatic rings. The molecule has 0 unspecified atom stereocenters. The Morgan fingerprint density at radius 2 is 1.95 bits per heavy atom. The van der Waals surface area contributed by atoms with Gasteiger partial charge in [-0.15, -0.1) is 0 Å². The van der Waals surface area contributed by atoms with Crippen molar-refractivity contribution < 1.29 is 4.39 Å². The molecule has 1 aliphatic rings. The van der Waals surface area contributed by atoms with Crippen molar-refractivity contribution in [3.8, 4) is 0 Å². The zero-order valence-electron chi connectivity index (χ0n) is 11.6. The van der Waals surface area contributed by atoms with Gasteiger partial charge in [-0.3, -0.25) is 9.47 Å².